The van der Waals surface area contributed by atoms with E-state index in [0.717, 1.165) is 36.3 Å². The maximum atomic E-state index is 11.5. The lowest BCUT2D eigenvalue weighted by atomic mass is 9.86. The molecule has 1 aromatic rings. The summed E-state index contributed by atoms with van der Waals surface area (Å²) in [6.07, 6.45) is 3.80. The molecule has 21 heavy (non-hydrogen) atoms. The minimum Gasteiger partial charge on any atom is -0.478 e. The standard InChI is InChI=1S/C16H23NO3S/c1-2-21-14-9-5-7-12(15(14)16(19)20)17-10-11-6-3-4-8-13(11)18/h5,7,9,11,13,17-18H,2-4,6,8,10H2,1H3,(H,19,20). The summed E-state index contributed by atoms with van der Waals surface area (Å²) in [5.41, 5.74) is 0.994. The number of aromatic carboxylic acids is 1. The van der Waals surface area contributed by atoms with E-state index in [1.807, 2.05) is 19.1 Å². The first kappa shape index (κ1) is 16.2. The molecule has 2 rings (SSSR count). The van der Waals surface area contributed by atoms with Crippen molar-refractivity contribution in [3.8, 4) is 0 Å². The molecular weight excluding hydrogens is 286 g/mol. The molecule has 4 nitrogen and oxygen atoms in total. The van der Waals surface area contributed by atoms with Gasteiger partial charge in [0, 0.05) is 23.0 Å². The lowest BCUT2D eigenvalue weighted by Gasteiger charge is -2.28. The summed E-state index contributed by atoms with van der Waals surface area (Å²) < 4.78 is 0. The summed E-state index contributed by atoms with van der Waals surface area (Å²) in [6, 6.07) is 5.53. The Morgan fingerprint density at radius 1 is 1.38 bits per heavy atom. The van der Waals surface area contributed by atoms with Crippen LogP contribution in [0, 0.1) is 5.92 Å². The molecule has 1 fully saturated rings. The Hall–Kier alpha value is -1.20. The lowest BCUT2D eigenvalue weighted by molar-refractivity contribution is 0.0694. The Kier molecular flexibility index (Phi) is 5.94. The molecule has 0 aromatic heterocycles. The Morgan fingerprint density at radius 2 is 2.14 bits per heavy atom. The van der Waals surface area contributed by atoms with Crippen molar-refractivity contribution in [2.45, 2.75) is 43.6 Å². The van der Waals surface area contributed by atoms with E-state index >= 15 is 0 Å². The highest BCUT2D eigenvalue weighted by molar-refractivity contribution is 7.99. The molecule has 1 aliphatic carbocycles. The maximum absolute atomic E-state index is 11.5. The molecule has 3 N–H and O–H groups in total. The SMILES string of the molecule is CCSc1cccc(NCC2CCCCC2O)c1C(=O)O. The van der Waals surface area contributed by atoms with Gasteiger partial charge in [-0.1, -0.05) is 25.8 Å². The highest BCUT2D eigenvalue weighted by Gasteiger charge is 2.23. The number of carboxylic acids is 1. The van der Waals surface area contributed by atoms with Crippen LogP contribution in [0.4, 0.5) is 5.69 Å². The predicted molar refractivity (Wildman–Crippen MR) is 86.3 cm³/mol. The van der Waals surface area contributed by atoms with Crippen LogP contribution in [0.5, 0.6) is 0 Å². The molecule has 0 spiro atoms. The summed E-state index contributed by atoms with van der Waals surface area (Å²) in [4.78, 5) is 12.3. The summed E-state index contributed by atoms with van der Waals surface area (Å²) in [7, 11) is 0. The molecule has 0 heterocycles. The van der Waals surface area contributed by atoms with Gasteiger partial charge in [0.2, 0.25) is 0 Å². The first-order valence-corrected chi connectivity index (χ1v) is 8.53. The quantitative estimate of drug-likeness (QED) is 0.702. The van der Waals surface area contributed by atoms with Gasteiger partial charge >= 0.3 is 5.97 Å². The molecular formula is C16H23NO3S. The second-order valence-electron chi connectivity index (χ2n) is 5.41. The van der Waals surface area contributed by atoms with Crippen molar-refractivity contribution in [1.82, 2.24) is 0 Å². The minimum atomic E-state index is -0.904. The third kappa shape index (κ3) is 4.14. The third-order valence-corrected chi connectivity index (χ3v) is 4.90. The number of hydrogen-bond donors (Lipinski definition) is 3. The zero-order valence-electron chi connectivity index (χ0n) is 12.3. The van der Waals surface area contributed by atoms with Crippen LogP contribution in [0.3, 0.4) is 0 Å². The molecule has 2 atom stereocenters. The van der Waals surface area contributed by atoms with E-state index in [0.29, 0.717) is 17.8 Å². The van der Waals surface area contributed by atoms with E-state index < -0.39 is 5.97 Å². The van der Waals surface area contributed by atoms with Crippen molar-refractivity contribution in [1.29, 1.82) is 0 Å². The average Bonchev–Trinajstić information content (AvgIpc) is 2.46. The number of carboxylic acid groups (broad SMARTS) is 1. The maximum Gasteiger partial charge on any atom is 0.338 e. The van der Waals surface area contributed by atoms with Gasteiger partial charge in [0.15, 0.2) is 0 Å². The molecule has 0 bridgehead atoms. The van der Waals surface area contributed by atoms with Crippen LogP contribution in [0.15, 0.2) is 23.1 Å². The second-order valence-corrected chi connectivity index (χ2v) is 6.72. The van der Waals surface area contributed by atoms with Gasteiger partial charge in [0.25, 0.3) is 0 Å². The molecule has 0 saturated heterocycles. The topological polar surface area (TPSA) is 69.6 Å². The molecule has 1 saturated carbocycles. The predicted octanol–water partition coefficient (Wildman–Crippen LogP) is 3.46. The zero-order valence-corrected chi connectivity index (χ0v) is 13.2. The van der Waals surface area contributed by atoms with Crippen molar-refractivity contribution in [3.63, 3.8) is 0 Å². The molecule has 5 heteroatoms. The van der Waals surface area contributed by atoms with Gasteiger partial charge in [0.1, 0.15) is 0 Å². The van der Waals surface area contributed by atoms with Crippen molar-refractivity contribution in [2.24, 2.45) is 5.92 Å². The third-order valence-electron chi connectivity index (χ3n) is 3.96. The normalized spacial score (nSPS) is 22.0. The average molecular weight is 309 g/mol. The number of aliphatic hydroxyl groups excluding tert-OH is 1. The number of thioether (sulfide) groups is 1. The molecule has 0 aliphatic heterocycles. The Bertz CT molecular complexity index is 492. The van der Waals surface area contributed by atoms with Crippen LogP contribution in [0.1, 0.15) is 43.0 Å². The summed E-state index contributed by atoms with van der Waals surface area (Å²) in [5.74, 6) is 0.145. The molecule has 116 valence electrons. The van der Waals surface area contributed by atoms with E-state index in [1.165, 1.54) is 11.8 Å². The number of benzene rings is 1. The van der Waals surface area contributed by atoms with E-state index in [1.54, 1.807) is 6.07 Å². The van der Waals surface area contributed by atoms with Gasteiger partial charge in [-0.3, -0.25) is 0 Å². The van der Waals surface area contributed by atoms with E-state index in [9.17, 15) is 15.0 Å². The van der Waals surface area contributed by atoms with E-state index in [-0.39, 0.29) is 12.0 Å². The number of carbonyl (C=O) groups is 1. The van der Waals surface area contributed by atoms with Gasteiger partial charge in [-0.25, -0.2) is 4.79 Å². The van der Waals surface area contributed by atoms with Crippen LogP contribution >= 0.6 is 11.8 Å². The van der Waals surface area contributed by atoms with Crippen molar-refractivity contribution < 1.29 is 15.0 Å². The number of nitrogens with one attached hydrogen (secondary N) is 1. The summed E-state index contributed by atoms with van der Waals surface area (Å²) in [5, 5.41) is 22.7. The van der Waals surface area contributed by atoms with E-state index in [2.05, 4.69) is 5.32 Å². The van der Waals surface area contributed by atoms with Crippen LogP contribution in [0.25, 0.3) is 0 Å². The van der Waals surface area contributed by atoms with Gasteiger partial charge in [-0.2, -0.15) is 0 Å². The van der Waals surface area contributed by atoms with E-state index in [4.69, 9.17) is 0 Å². The minimum absolute atomic E-state index is 0.211. The second kappa shape index (κ2) is 7.71. The lowest BCUT2D eigenvalue weighted by Crippen LogP contribution is -2.30. The highest BCUT2D eigenvalue weighted by Crippen LogP contribution is 2.30. The van der Waals surface area contributed by atoms with Gasteiger partial charge in [-0.05, 0) is 30.7 Å². The van der Waals surface area contributed by atoms with Crippen LogP contribution < -0.4 is 5.32 Å². The smallest absolute Gasteiger partial charge is 0.338 e. The Morgan fingerprint density at radius 3 is 2.81 bits per heavy atom. The van der Waals surface area contributed by atoms with Crippen molar-refractivity contribution >= 4 is 23.4 Å². The molecule has 0 amide bonds. The number of rotatable bonds is 6. The largest absolute Gasteiger partial charge is 0.478 e. The fraction of sp³-hybridized carbons (Fsp3) is 0.562. The Labute approximate surface area is 129 Å². The van der Waals surface area contributed by atoms with Crippen LogP contribution in [0.2, 0.25) is 0 Å². The van der Waals surface area contributed by atoms with Gasteiger partial charge in [0.05, 0.1) is 11.7 Å². The fourth-order valence-corrected chi connectivity index (χ4v) is 3.67. The van der Waals surface area contributed by atoms with Crippen molar-refractivity contribution in [2.75, 3.05) is 17.6 Å². The molecule has 0 radical (unpaired) electrons. The number of aliphatic hydroxyl groups is 1. The summed E-state index contributed by atoms with van der Waals surface area (Å²) in [6.45, 7) is 2.64. The fourth-order valence-electron chi connectivity index (χ4n) is 2.84. The highest BCUT2D eigenvalue weighted by atomic mass is 32.2. The molecule has 1 aromatic carbocycles. The Balaban J connectivity index is 2.11. The zero-order chi connectivity index (χ0) is 15.2. The first-order chi connectivity index (χ1) is 10.1. The molecule has 2 unspecified atom stereocenters. The monoisotopic (exact) mass is 309 g/mol. The summed E-state index contributed by atoms with van der Waals surface area (Å²) >= 11 is 1.54. The van der Waals surface area contributed by atoms with Gasteiger partial charge in [-0.15, -0.1) is 11.8 Å². The molecule has 1 aliphatic rings. The van der Waals surface area contributed by atoms with Crippen molar-refractivity contribution in [3.05, 3.63) is 23.8 Å². The van der Waals surface area contributed by atoms with Crippen LogP contribution in [-0.4, -0.2) is 34.6 Å². The van der Waals surface area contributed by atoms with Crippen LogP contribution in [-0.2, 0) is 0 Å². The van der Waals surface area contributed by atoms with Gasteiger partial charge < -0.3 is 15.5 Å². The number of hydrogen-bond acceptors (Lipinski definition) is 4. The first-order valence-electron chi connectivity index (χ1n) is 7.54. The number of anilines is 1.